The molecule has 3 amide bonds. The molecule has 2 aromatic rings. The molecule has 32 heavy (non-hydrogen) atoms. The number of fused-ring (bicyclic) bond motifs is 1. The molecule has 0 N–H and O–H groups in total. The number of hydrogen-bond donors (Lipinski definition) is 0. The zero-order valence-corrected chi connectivity index (χ0v) is 17.4. The van der Waals surface area contributed by atoms with Crippen LogP contribution in [0.4, 0.5) is 4.39 Å². The summed E-state index contributed by atoms with van der Waals surface area (Å²) in [5.41, 5.74) is 0.569. The average molecular weight is 440 g/mol. The van der Waals surface area contributed by atoms with Crippen LogP contribution in [0, 0.1) is 5.82 Å². The van der Waals surface area contributed by atoms with E-state index in [0.717, 1.165) is 11.0 Å². The summed E-state index contributed by atoms with van der Waals surface area (Å²) in [6, 6.07) is 10.4. The summed E-state index contributed by atoms with van der Waals surface area (Å²) in [6.07, 6.45) is -0.467. The van der Waals surface area contributed by atoms with Crippen LogP contribution < -0.4 is 4.74 Å². The zero-order chi connectivity index (χ0) is 22.8. The lowest BCUT2D eigenvalue weighted by atomic mass is 10.1. The van der Waals surface area contributed by atoms with Gasteiger partial charge in [0.05, 0.1) is 29.8 Å². The number of ether oxygens (including phenoxy) is 2. The number of rotatable bonds is 6. The second-order valence-corrected chi connectivity index (χ2v) is 7.58. The van der Waals surface area contributed by atoms with E-state index < -0.39 is 23.7 Å². The molecule has 166 valence electrons. The van der Waals surface area contributed by atoms with Crippen LogP contribution in [0.3, 0.4) is 0 Å². The summed E-state index contributed by atoms with van der Waals surface area (Å²) >= 11 is 0. The van der Waals surface area contributed by atoms with E-state index in [9.17, 15) is 23.6 Å². The Balaban J connectivity index is 1.34. The highest BCUT2D eigenvalue weighted by Gasteiger charge is 2.37. The van der Waals surface area contributed by atoms with Gasteiger partial charge in [-0.3, -0.25) is 24.1 Å². The quantitative estimate of drug-likeness (QED) is 0.504. The monoisotopic (exact) mass is 440 g/mol. The molecule has 1 atom stereocenters. The molecule has 0 saturated carbocycles. The van der Waals surface area contributed by atoms with E-state index in [1.807, 2.05) is 0 Å². The lowest BCUT2D eigenvalue weighted by Crippen LogP contribution is -2.51. The molecule has 2 heterocycles. The number of benzene rings is 2. The van der Waals surface area contributed by atoms with Crippen molar-refractivity contribution < 1.29 is 33.0 Å². The van der Waals surface area contributed by atoms with Crippen molar-refractivity contribution in [3.05, 3.63) is 65.0 Å². The van der Waals surface area contributed by atoms with Gasteiger partial charge in [0.15, 0.2) is 5.78 Å². The van der Waals surface area contributed by atoms with Gasteiger partial charge in [-0.15, -0.1) is 0 Å². The topological polar surface area (TPSA) is 93.2 Å². The lowest BCUT2D eigenvalue weighted by molar-refractivity contribution is -0.140. The summed E-state index contributed by atoms with van der Waals surface area (Å²) in [5, 5.41) is 0. The predicted molar refractivity (Wildman–Crippen MR) is 110 cm³/mol. The molecular weight excluding hydrogens is 419 g/mol. The van der Waals surface area contributed by atoms with Crippen LogP contribution in [0.15, 0.2) is 42.5 Å². The van der Waals surface area contributed by atoms with Crippen molar-refractivity contribution in [3.63, 3.8) is 0 Å². The molecule has 1 fully saturated rings. The van der Waals surface area contributed by atoms with Crippen molar-refractivity contribution in [2.45, 2.75) is 13.0 Å². The fourth-order valence-electron chi connectivity index (χ4n) is 3.73. The Morgan fingerprint density at radius 3 is 2.44 bits per heavy atom. The third kappa shape index (κ3) is 4.24. The van der Waals surface area contributed by atoms with Crippen LogP contribution in [-0.2, 0) is 9.53 Å². The maximum atomic E-state index is 13.9. The number of imide groups is 1. The summed E-state index contributed by atoms with van der Waals surface area (Å²) in [7, 11) is 0. The number of carbonyl (C=O) groups is 4. The molecule has 2 aliphatic heterocycles. The molecule has 1 unspecified atom stereocenters. The Kier molecular flexibility index (Phi) is 6.00. The van der Waals surface area contributed by atoms with Gasteiger partial charge in [-0.05, 0) is 31.2 Å². The largest absolute Gasteiger partial charge is 0.491 e. The number of hydrogen-bond acceptors (Lipinski definition) is 6. The van der Waals surface area contributed by atoms with E-state index in [4.69, 9.17) is 9.47 Å². The fourth-order valence-corrected chi connectivity index (χ4v) is 3.73. The van der Waals surface area contributed by atoms with E-state index in [0.29, 0.717) is 17.7 Å². The van der Waals surface area contributed by atoms with Crippen LogP contribution in [0.1, 0.15) is 38.0 Å². The van der Waals surface area contributed by atoms with E-state index in [1.54, 1.807) is 24.3 Å². The normalized spacial score (nSPS) is 18.0. The highest BCUT2D eigenvalue weighted by molar-refractivity contribution is 6.22. The standard InChI is InChI=1S/C23H21FN2O6/c1-14(27)17-7-6-15(10-20(17)24)32-13-16-11-25(8-9-31-16)21(28)12-26-22(29)18-4-2-3-5-19(18)23(26)30/h2-7,10,16H,8-9,11-13H2,1H3. The first-order valence-electron chi connectivity index (χ1n) is 10.1. The maximum Gasteiger partial charge on any atom is 0.262 e. The molecule has 0 radical (unpaired) electrons. The second kappa shape index (κ2) is 8.88. The average Bonchev–Trinajstić information content (AvgIpc) is 3.02. The first-order valence-corrected chi connectivity index (χ1v) is 10.1. The predicted octanol–water partition coefficient (Wildman–Crippen LogP) is 1.93. The number of Topliss-reactive ketones (excluding diaryl/α,β-unsaturated/α-hetero) is 1. The molecular formula is C23H21FN2O6. The summed E-state index contributed by atoms with van der Waals surface area (Å²) < 4.78 is 25.1. The van der Waals surface area contributed by atoms with Crippen LogP contribution in [-0.4, -0.2) is 72.3 Å². The van der Waals surface area contributed by atoms with E-state index in [-0.39, 0.29) is 49.3 Å². The first-order chi connectivity index (χ1) is 15.3. The van der Waals surface area contributed by atoms with Gasteiger partial charge in [-0.2, -0.15) is 0 Å². The van der Waals surface area contributed by atoms with E-state index in [1.165, 1.54) is 24.0 Å². The Morgan fingerprint density at radius 2 is 1.81 bits per heavy atom. The van der Waals surface area contributed by atoms with Crippen LogP contribution in [0.25, 0.3) is 0 Å². The Hall–Kier alpha value is -3.59. The fraction of sp³-hybridized carbons (Fsp3) is 0.304. The van der Waals surface area contributed by atoms with Gasteiger partial charge in [0, 0.05) is 12.6 Å². The van der Waals surface area contributed by atoms with Crippen molar-refractivity contribution >= 4 is 23.5 Å². The molecule has 0 spiro atoms. The molecule has 2 aromatic carbocycles. The molecule has 0 aromatic heterocycles. The molecule has 0 aliphatic carbocycles. The Bertz CT molecular complexity index is 1070. The minimum absolute atomic E-state index is 0.0174. The minimum Gasteiger partial charge on any atom is -0.491 e. The molecule has 2 aliphatic rings. The number of carbonyl (C=O) groups excluding carboxylic acids is 4. The van der Waals surface area contributed by atoms with Crippen LogP contribution in [0.5, 0.6) is 5.75 Å². The smallest absolute Gasteiger partial charge is 0.262 e. The number of nitrogens with zero attached hydrogens (tertiary/aromatic N) is 2. The van der Waals surface area contributed by atoms with Crippen molar-refractivity contribution in [2.24, 2.45) is 0 Å². The highest BCUT2D eigenvalue weighted by Crippen LogP contribution is 2.23. The molecule has 4 rings (SSSR count). The van der Waals surface area contributed by atoms with Gasteiger partial charge in [0.25, 0.3) is 11.8 Å². The first kappa shape index (κ1) is 21.6. The summed E-state index contributed by atoms with van der Waals surface area (Å²) in [5.74, 6) is -2.14. The Morgan fingerprint density at radius 1 is 1.12 bits per heavy atom. The van der Waals surface area contributed by atoms with Gasteiger partial charge in [-0.1, -0.05) is 12.1 Å². The van der Waals surface area contributed by atoms with Crippen molar-refractivity contribution in [3.8, 4) is 5.75 Å². The number of morpholine rings is 1. The molecule has 9 heteroatoms. The summed E-state index contributed by atoms with van der Waals surface area (Å²) in [6.45, 7) is 1.78. The second-order valence-electron chi connectivity index (χ2n) is 7.58. The van der Waals surface area contributed by atoms with Gasteiger partial charge >= 0.3 is 0 Å². The van der Waals surface area contributed by atoms with Crippen LogP contribution >= 0.6 is 0 Å². The molecule has 8 nitrogen and oxygen atoms in total. The molecule has 1 saturated heterocycles. The van der Waals surface area contributed by atoms with Crippen molar-refractivity contribution in [2.75, 3.05) is 32.8 Å². The summed E-state index contributed by atoms with van der Waals surface area (Å²) in [4.78, 5) is 51.5. The van der Waals surface area contributed by atoms with Crippen molar-refractivity contribution in [1.82, 2.24) is 9.80 Å². The zero-order valence-electron chi connectivity index (χ0n) is 17.4. The molecule has 0 bridgehead atoms. The third-order valence-electron chi connectivity index (χ3n) is 5.42. The lowest BCUT2D eigenvalue weighted by Gasteiger charge is -2.33. The van der Waals surface area contributed by atoms with Gasteiger partial charge < -0.3 is 14.4 Å². The van der Waals surface area contributed by atoms with Gasteiger partial charge in [0.2, 0.25) is 5.91 Å². The van der Waals surface area contributed by atoms with Crippen LogP contribution in [0.2, 0.25) is 0 Å². The number of amides is 3. The SMILES string of the molecule is CC(=O)c1ccc(OCC2CN(C(=O)CN3C(=O)c4ccccc4C3=O)CCO2)cc1F. The third-order valence-corrected chi connectivity index (χ3v) is 5.42. The van der Waals surface area contributed by atoms with Gasteiger partial charge in [-0.25, -0.2) is 4.39 Å². The number of halogens is 1. The van der Waals surface area contributed by atoms with Gasteiger partial charge in [0.1, 0.15) is 30.8 Å². The minimum atomic E-state index is -0.669. The Labute approximate surface area is 183 Å². The highest BCUT2D eigenvalue weighted by atomic mass is 19.1. The van der Waals surface area contributed by atoms with E-state index in [2.05, 4.69) is 0 Å². The van der Waals surface area contributed by atoms with Crippen molar-refractivity contribution in [1.29, 1.82) is 0 Å². The number of ketones is 1. The van der Waals surface area contributed by atoms with E-state index >= 15 is 0 Å². The maximum absolute atomic E-state index is 13.9.